The maximum atomic E-state index is 11.0. The van der Waals surface area contributed by atoms with E-state index in [2.05, 4.69) is 16.8 Å². The molecular formula is C7H7NO2S2. The topological polar surface area (TPSA) is 46.5 Å². The molecule has 0 aliphatic rings. The summed E-state index contributed by atoms with van der Waals surface area (Å²) in [6.45, 7) is 0. The van der Waals surface area contributed by atoms with Crippen molar-refractivity contribution in [2.45, 2.75) is 4.90 Å². The van der Waals surface area contributed by atoms with Gasteiger partial charge in [-0.25, -0.2) is 8.42 Å². The average Bonchev–Trinajstić information content (AvgIpc) is 2.03. The molecule has 1 rings (SSSR count). The van der Waals surface area contributed by atoms with Gasteiger partial charge in [-0.2, -0.15) is 4.36 Å². The smallest absolute Gasteiger partial charge is 0.175 e. The first-order valence-electron chi connectivity index (χ1n) is 3.17. The van der Waals surface area contributed by atoms with Gasteiger partial charge in [0.2, 0.25) is 0 Å². The van der Waals surface area contributed by atoms with Gasteiger partial charge in [0.15, 0.2) is 9.84 Å². The molecule has 5 heteroatoms. The summed E-state index contributed by atoms with van der Waals surface area (Å²) < 4.78 is 25.5. The summed E-state index contributed by atoms with van der Waals surface area (Å²) in [6, 6.07) is 6.23. The summed E-state index contributed by atoms with van der Waals surface area (Å²) in [4.78, 5) is 0.244. The first-order valence-corrected chi connectivity index (χ1v) is 5.43. The van der Waals surface area contributed by atoms with Crippen LogP contribution in [0.2, 0.25) is 0 Å². The minimum atomic E-state index is -3.14. The van der Waals surface area contributed by atoms with E-state index in [0.717, 1.165) is 6.26 Å². The van der Waals surface area contributed by atoms with Gasteiger partial charge in [-0.3, -0.25) is 0 Å². The molecule has 1 aromatic rings. The van der Waals surface area contributed by atoms with E-state index >= 15 is 0 Å². The molecule has 0 unspecified atom stereocenters. The lowest BCUT2D eigenvalue weighted by Crippen LogP contribution is -1.95. The fraction of sp³-hybridized carbons (Fsp3) is 0.143. The highest BCUT2D eigenvalue weighted by atomic mass is 32.2. The molecule has 1 aromatic carbocycles. The standard InChI is InChI=1S/C7H7NO2S2/c1-12(9,10)7-4-2-3-6(5-7)8-11/h2-5H,1H3. The number of hydrogen-bond acceptors (Lipinski definition) is 4. The highest BCUT2D eigenvalue weighted by molar-refractivity contribution is 7.90. The van der Waals surface area contributed by atoms with Crippen LogP contribution in [0.4, 0.5) is 5.69 Å². The lowest BCUT2D eigenvalue weighted by molar-refractivity contribution is 0.602. The fourth-order valence-electron chi connectivity index (χ4n) is 0.771. The molecule has 0 saturated carbocycles. The second-order valence-corrected chi connectivity index (χ2v) is 4.56. The van der Waals surface area contributed by atoms with Crippen LogP contribution in [-0.2, 0) is 22.3 Å². The van der Waals surface area contributed by atoms with E-state index in [9.17, 15) is 8.42 Å². The van der Waals surface area contributed by atoms with Crippen molar-refractivity contribution >= 4 is 27.9 Å². The average molecular weight is 201 g/mol. The van der Waals surface area contributed by atoms with Crippen molar-refractivity contribution in [1.29, 1.82) is 0 Å². The third-order valence-electron chi connectivity index (χ3n) is 1.35. The van der Waals surface area contributed by atoms with Crippen molar-refractivity contribution in [3.8, 4) is 0 Å². The molecule has 0 spiro atoms. The third kappa shape index (κ3) is 2.09. The normalized spacial score (nSPS) is 11.1. The van der Waals surface area contributed by atoms with Gasteiger partial charge in [-0.05, 0) is 18.2 Å². The van der Waals surface area contributed by atoms with Crippen LogP contribution >= 0.6 is 0 Å². The minimum absolute atomic E-state index is 0.244. The number of rotatable bonds is 2. The Morgan fingerprint density at radius 1 is 1.42 bits per heavy atom. The zero-order valence-electron chi connectivity index (χ0n) is 6.39. The van der Waals surface area contributed by atoms with Crippen molar-refractivity contribution < 1.29 is 8.42 Å². The molecule has 3 nitrogen and oxygen atoms in total. The molecule has 0 atom stereocenters. The Morgan fingerprint density at radius 3 is 2.58 bits per heavy atom. The van der Waals surface area contributed by atoms with E-state index in [1.807, 2.05) is 0 Å². The fourth-order valence-corrected chi connectivity index (χ4v) is 1.55. The Hall–Kier alpha value is -0.810. The van der Waals surface area contributed by atoms with E-state index in [1.54, 1.807) is 12.1 Å². The number of nitrogens with zero attached hydrogens (tertiary/aromatic N) is 1. The first-order chi connectivity index (χ1) is 5.54. The molecule has 0 aromatic heterocycles. The molecule has 0 aliphatic heterocycles. The zero-order chi connectivity index (χ0) is 9.19. The highest BCUT2D eigenvalue weighted by Crippen LogP contribution is 2.16. The van der Waals surface area contributed by atoms with Crippen LogP contribution in [0, 0.1) is 0 Å². The van der Waals surface area contributed by atoms with Crippen LogP contribution in [0.3, 0.4) is 0 Å². The maximum absolute atomic E-state index is 11.0. The van der Waals surface area contributed by atoms with Gasteiger partial charge >= 0.3 is 0 Å². The summed E-state index contributed by atoms with van der Waals surface area (Å²) in [5, 5.41) is 0. The van der Waals surface area contributed by atoms with E-state index in [-0.39, 0.29) is 4.90 Å². The summed E-state index contributed by atoms with van der Waals surface area (Å²) in [6.07, 6.45) is 1.15. The molecular weight excluding hydrogens is 194 g/mol. The second kappa shape index (κ2) is 3.28. The van der Waals surface area contributed by atoms with Crippen molar-refractivity contribution in [3.05, 3.63) is 24.3 Å². The lowest BCUT2D eigenvalue weighted by Gasteiger charge is -1.97. The summed E-state index contributed by atoms with van der Waals surface area (Å²) in [5.41, 5.74) is 0.493. The van der Waals surface area contributed by atoms with E-state index in [0.29, 0.717) is 5.69 Å². The van der Waals surface area contributed by atoms with E-state index in [4.69, 9.17) is 0 Å². The van der Waals surface area contributed by atoms with Gasteiger partial charge < -0.3 is 0 Å². The maximum Gasteiger partial charge on any atom is 0.175 e. The molecule has 0 bridgehead atoms. The number of hydrogen-bond donors (Lipinski definition) is 0. The van der Waals surface area contributed by atoms with Crippen LogP contribution in [0.1, 0.15) is 0 Å². The van der Waals surface area contributed by atoms with Crippen molar-refractivity contribution in [3.63, 3.8) is 0 Å². The van der Waals surface area contributed by atoms with Crippen LogP contribution < -0.4 is 0 Å². The molecule has 0 radical (unpaired) electrons. The highest BCUT2D eigenvalue weighted by Gasteiger charge is 2.06. The van der Waals surface area contributed by atoms with E-state index in [1.165, 1.54) is 12.1 Å². The van der Waals surface area contributed by atoms with Crippen LogP contribution in [0.5, 0.6) is 0 Å². The monoisotopic (exact) mass is 201 g/mol. The number of benzene rings is 1. The Bertz CT molecular complexity index is 398. The SMILES string of the molecule is CS(=O)(=O)c1cccc(N=S)c1. The third-order valence-corrected chi connectivity index (χ3v) is 2.67. The lowest BCUT2D eigenvalue weighted by atomic mass is 10.3. The molecule has 12 heavy (non-hydrogen) atoms. The Morgan fingerprint density at radius 2 is 2.08 bits per heavy atom. The van der Waals surface area contributed by atoms with Crippen LogP contribution in [-0.4, -0.2) is 14.7 Å². The Balaban J connectivity index is 3.29. The predicted molar refractivity (Wildman–Crippen MR) is 49.0 cm³/mol. The van der Waals surface area contributed by atoms with Crippen molar-refractivity contribution in [2.24, 2.45) is 4.36 Å². The summed E-state index contributed by atoms with van der Waals surface area (Å²) >= 11 is 4.43. The zero-order valence-corrected chi connectivity index (χ0v) is 8.02. The molecule has 0 aliphatic carbocycles. The minimum Gasteiger partial charge on any atom is -0.224 e. The summed E-state index contributed by atoms with van der Waals surface area (Å²) in [7, 11) is -3.14. The molecule has 0 heterocycles. The van der Waals surface area contributed by atoms with E-state index < -0.39 is 9.84 Å². The van der Waals surface area contributed by atoms with Gasteiger partial charge in [0, 0.05) is 18.7 Å². The van der Waals surface area contributed by atoms with Gasteiger partial charge in [0.05, 0.1) is 10.6 Å². The van der Waals surface area contributed by atoms with Gasteiger partial charge in [0.25, 0.3) is 0 Å². The Labute approximate surface area is 76.5 Å². The molecule has 64 valence electrons. The summed E-state index contributed by atoms with van der Waals surface area (Å²) in [5.74, 6) is 0. The molecule has 0 fully saturated rings. The molecule has 0 N–H and O–H groups in total. The first kappa shape index (κ1) is 9.28. The van der Waals surface area contributed by atoms with Gasteiger partial charge in [-0.15, -0.1) is 0 Å². The van der Waals surface area contributed by atoms with Crippen LogP contribution in [0.15, 0.2) is 33.5 Å². The van der Waals surface area contributed by atoms with Gasteiger partial charge in [0.1, 0.15) is 0 Å². The predicted octanol–water partition coefficient (Wildman–Crippen LogP) is 1.45. The second-order valence-electron chi connectivity index (χ2n) is 2.36. The van der Waals surface area contributed by atoms with Gasteiger partial charge in [-0.1, -0.05) is 6.07 Å². The Kier molecular flexibility index (Phi) is 2.54. The molecule has 0 saturated heterocycles. The molecule has 0 amide bonds. The van der Waals surface area contributed by atoms with Crippen molar-refractivity contribution in [2.75, 3.05) is 6.26 Å². The quantitative estimate of drug-likeness (QED) is 0.727. The largest absolute Gasteiger partial charge is 0.224 e. The van der Waals surface area contributed by atoms with Crippen molar-refractivity contribution in [1.82, 2.24) is 0 Å². The van der Waals surface area contributed by atoms with Crippen LogP contribution in [0.25, 0.3) is 0 Å². The number of sulfone groups is 1.